The fourth-order valence-electron chi connectivity index (χ4n) is 3.56. The Balaban J connectivity index is 1.37. The maximum atomic E-state index is 4.44. The minimum absolute atomic E-state index is 0.509. The van der Waals surface area contributed by atoms with Gasteiger partial charge in [-0.25, -0.2) is 0 Å². The molecule has 3 aromatic rings. The Kier molecular flexibility index (Phi) is 4.17. The summed E-state index contributed by atoms with van der Waals surface area (Å²) in [6.07, 6.45) is 4.90. The molecule has 2 N–H and O–H groups in total. The Bertz CT molecular complexity index is 798. The number of anilines is 1. The third-order valence-corrected chi connectivity index (χ3v) is 4.89. The molecule has 1 aliphatic heterocycles. The predicted molar refractivity (Wildman–Crippen MR) is 96.8 cm³/mol. The lowest BCUT2D eigenvalue weighted by Crippen LogP contribution is -2.44. The Labute approximate surface area is 142 Å². The van der Waals surface area contributed by atoms with Crippen molar-refractivity contribution in [2.24, 2.45) is 5.92 Å². The van der Waals surface area contributed by atoms with Crippen molar-refractivity contribution in [1.29, 1.82) is 0 Å². The normalized spacial score (nSPS) is 21.9. The molecule has 0 radical (unpaired) electrons. The van der Waals surface area contributed by atoms with Gasteiger partial charge in [-0.1, -0.05) is 13.0 Å². The zero-order chi connectivity index (χ0) is 16.4. The Morgan fingerprint density at radius 3 is 3.08 bits per heavy atom. The molecule has 0 amide bonds. The fourth-order valence-corrected chi connectivity index (χ4v) is 3.56. The molecular formula is C19H23N5. The third-order valence-electron chi connectivity index (χ3n) is 4.89. The van der Waals surface area contributed by atoms with Crippen LogP contribution in [0.25, 0.3) is 10.9 Å². The van der Waals surface area contributed by atoms with Gasteiger partial charge in [0.2, 0.25) is 0 Å². The van der Waals surface area contributed by atoms with Gasteiger partial charge in [0.25, 0.3) is 0 Å². The molecule has 124 valence electrons. The highest BCUT2D eigenvalue weighted by Crippen LogP contribution is 2.24. The predicted octanol–water partition coefficient (Wildman–Crippen LogP) is 3.28. The Hall–Kier alpha value is -2.40. The van der Waals surface area contributed by atoms with Gasteiger partial charge in [0, 0.05) is 42.9 Å². The average molecular weight is 321 g/mol. The van der Waals surface area contributed by atoms with Gasteiger partial charge in [-0.3, -0.25) is 15.0 Å². The van der Waals surface area contributed by atoms with E-state index in [9.17, 15) is 0 Å². The SMILES string of the molecule is CC1CN(Cc2ccccn2)CCC1Nc1ccc2[nH]ncc2c1. The molecular weight excluding hydrogens is 298 g/mol. The molecule has 0 aliphatic carbocycles. The lowest BCUT2D eigenvalue weighted by molar-refractivity contribution is 0.163. The number of hydrogen-bond acceptors (Lipinski definition) is 4. The van der Waals surface area contributed by atoms with E-state index >= 15 is 0 Å². The number of nitrogens with zero attached hydrogens (tertiary/aromatic N) is 3. The standard InChI is InChI=1S/C19H23N5/c1-14-12-24(13-17-4-2-3-8-20-17)9-7-18(14)22-16-5-6-19-15(10-16)11-21-23-19/h2-6,8,10-11,14,18,22H,7,9,12-13H2,1H3,(H,21,23). The summed E-state index contributed by atoms with van der Waals surface area (Å²) in [6.45, 7) is 5.48. The number of aromatic amines is 1. The van der Waals surface area contributed by atoms with Crippen LogP contribution in [0.2, 0.25) is 0 Å². The molecule has 1 aromatic carbocycles. The van der Waals surface area contributed by atoms with Gasteiger partial charge in [0.05, 0.1) is 17.4 Å². The van der Waals surface area contributed by atoms with Gasteiger partial charge in [0.1, 0.15) is 0 Å². The van der Waals surface area contributed by atoms with E-state index in [1.54, 1.807) is 0 Å². The summed E-state index contributed by atoms with van der Waals surface area (Å²) in [5.74, 6) is 0.600. The lowest BCUT2D eigenvalue weighted by atomic mass is 9.93. The molecule has 4 rings (SSSR count). The Morgan fingerprint density at radius 1 is 1.29 bits per heavy atom. The van der Waals surface area contributed by atoms with Crippen LogP contribution in [-0.2, 0) is 6.54 Å². The summed E-state index contributed by atoms with van der Waals surface area (Å²) >= 11 is 0. The summed E-state index contributed by atoms with van der Waals surface area (Å²) in [4.78, 5) is 6.95. The smallest absolute Gasteiger partial charge is 0.0651 e. The van der Waals surface area contributed by atoms with Crippen molar-refractivity contribution in [1.82, 2.24) is 20.1 Å². The highest BCUT2D eigenvalue weighted by molar-refractivity contribution is 5.81. The van der Waals surface area contributed by atoms with E-state index in [0.717, 1.165) is 42.7 Å². The molecule has 1 saturated heterocycles. The number of pyridine rings is 1. The van der Waals surface area contributed by atoms with Gasteiger partial charge < -0.3 is 5.32 Å². The van der Waals surface area contributed by atoms with E-state index in [4.69, 9.17) is 0 Å². The quantitative estimate of drug-likeness (QED) is 0.774. The maximum Gasteiger partial charge on any atom is 0.0651 e. The molecule has 5 nitrogen and oxygen atoms in total. The van der Waals surface area contributed by atoms with Gasteiger partial charge in [0.15, 0.2) is 0 Å². The zero-order valence-corrected chi connectivity index (χ0v) is 13.9. The molecule has 0 spiro atoms. The van der Waals surface area contributed by atoms with Gasteiger partial charge in [-0.05, 0) is 42.7 Å². The zero-order valence-electron chi connectivity index (χ0n) is 13.9. The van der Waals surface area contributed by atoms with Gasteiger partial charge in [-0.2, -0.15) is 5.10 Å². The molecule has 2 unspecified atom stereocenters. The largest absolute Gasteiger partial charge is 0.382 e. The minimum atomic E-state index is 0.509. The van der Waals surface area contributed by atoms with Crippen molar-refractivity contribution in [3.8, 4) is 0 Å². The van der Waals surface area contributed by atoms with Crippen molar-refractivity contribution in [3.05, 3.63) is 54.5 Å². The van der Waals surface area contributed by atoms with Crippen molar-refractivity contribution in [3.63, 3.8) is 0 Å². The summed E-state index contributed by atoms with van der Waals surface area (Å²) in [7, 11) is 0. The van der Waals surface area contributed by atoms with Crippen LogP contribution < -0.4 is 5.32 Å². The van der Waals surface area contributed by atoms with Crippen molar-refractivity contribution in [2.45, 2.75) is 25.9 Å². The Morgan fingerprint density at radius 2 is 2.25 bits per heavy atom. The van der Waals surface area contributed by atoms with Crippen LogP contribution in [0.15, 0.2) is 48.8 Å². The second-order valence-electron chi connectivity index (χ2n) is 6.75. The van der Waals surface area contributed by atoms with Gasteiger partial charge in [-0.15, -0.1) is 0 Å². The number of likely N-dealkylation sites (tertiary alicyclic amines) is 1. The van der Waals surface area contributed by atoms with Crippen LogP contribution in [0.5, 0.6) is 0 Å². The number of benzene rings is 1. The summed E-state index contributed by atoms with van der Waals surface area (Å²) < 4.78 is 0. The van der Waals surface area contributed by atoms with Crippen LogP contribution >= 0.6 is 0 Å². The number of H-pyrrole nitrogens is 1. The molecule has 0 bridgehead atoms. The number of hydrogen-bond donors (Lipinski definition) is 2. The third kappa shape index (κ3) is 3.26. The number of aromatic nitrogens is 3. The van der Waals surface area contributed by atoms with Crippen LogP contribution in [0.1, 0.15) is 19.0 Å². The maximum absolute atomic E-state index is 4.44. The molecule has 5 heteroatoms. The van der Waals surface area contributed by atoms with E-state index in [1.165, 1.54) is 5.69 Å². The van der Waals surface area contributed by atoms with E-state index in [1.807, 2.05) is 18.5 Å². The highest BCUT2D eigenvalue weighted by Gasteiger charge is 2.26. The van der Waals surface area contributed by atoms with E-state index in [0.29, 0.717) is 12.0 Å². The molecule has 1 aliphatic rings. The van der Waals surface area contributed by atoms with Crippen LogP contribution in [0.4, 0.5) is 5.69 Å². The van der Waals surface area contributed by atoms with Gasteiger partial charge >= 0.3 is 0 Å². The second-order valence-corrected chi connectivity index (χ2v) is 6.75. The molecule has 0 saturated carbocycles. The molecule has 2 atom stereocenters. The van der Waals surface area contributed by atoms with E-state index in [-0.39, 0.29) is 0 Å². The van der Waals surface area contributed by atoms with Crippen LogP contribution in [0, 0.1) is 5.92 Å². The first-order valence-corrected chi connectivity index (χ1v) is 8.60. The van der Waals surface area contributed by atoms with E-state index in [2.05, 4.69) is 62.7 Å². The first-order chi connectivity index (χ1) is 11.8. The molecule has 3 heterocycles. The molecule has 24 heavy (non-hydrogen) atoms. The van der Waals surface area contributed by atoms with Crippen LogP contribution in [0.3, 0.4) is 0 Å². The first kappa shape index (κ1) is 15.1. The number of rotatable bonds is 4. The van der Waals surface area contributed by atoms with Crippen LogP contribution in [-0.4, -0.2) is 39.2 Å². The number of nitrogens with one attached hydrogen (secondary N) is 2. The first-order valence-electron chi connectivity index (χ1n) is 8.60. The fraction of sp³-hybridized carbons (Fsp3) is 0.368. The number of fused-ring (bicyclic) bond motifs is 1. The highest BCUT2D eigenvalue weighted by atomic mass is 15.2. The van der Waals surface area contributed by atoms with E-state index < -0.39 is 0 Å². The topological polar surface area (TPSA) is 56.8 Å². The van der Waals surface area contributed by atoms with Crippen molar-refractivity contribution >= 4 is 16.6 Å². The monoisotopic (exact) mass is 321 g/mol. The summed E-state index contributed by atoms with van der Waals surface area (Å²) in [5, 5.41) is 12.0. The summed E-state index contributed by atoms with van der Waals surface area (Å²) in [6, 6.07) is 13.0. The lowest BCUT2D eigenvalue weighted by Gasteiger charge is -2.37. The van der Waals surface area contributed by atoms with Crippen molar-refractivity contribution in [2.75, 3.05) is 18.4 Å². The average Bonchev–Trinajstić information content (AvgIpc) is 3.06. The van der Waals surface area contributed by atoms with Crippen molar-refractivity contribution < 1.29 is 0 Å². The molecule has 1 fully saturated rings. The molecule has 2 aromatic heterocycles. The second kappa shape index (κ2) is 6.61. The summed E-state index contributed by atoms with van der Waals surface area (Å²) in [5.41, 5.74) is 3.42. The minimum Gasteiger partial charge on any atom is -0.382 e. The number of piperidine rings is 1.